The second kappa shape index (κ2) is 3.54. The van der Waals surface area contributed by atoms with Gasteiger partial charge in [0.05, 0.1) is 0 Å². The van der Waals surface area contributed by atoms with Gasteiger partial charge < -0.3 is 14.7 Å². The summed E-state index contributed by atoms with van der Waals surface area (Å²) < 4.78 is 4.60. The van der Waals surface area contributed by atoms with Gasteiger partial charge in [-0.25, -0.2) is 4.79 Å². The van der Waals surface area contributed by atoms with Crippen LogP contribution in [0.4, 0.5) is 4.79 Å². The molecule has 4 heteroatoms. The maximum Gasteiger partial charge on any atom is 0.412 e. The zero-order valence-corrected chi connectivity index (χ0v) is 7.61. The van der Waals surface area contributed by atoms with Crippen LogP contribution in [0.1, 0.15) is 32.1 Å². The molecular formula is C9H15NO3. The first kappa shape index (κ1) is 8.81. The van der Waals surface area contributed by atoms with Gasteiger partial charge in [0.2, 0.25) is 0 Å². The van der Waals surface area contributed by atoms with Crippen LogP contribution in [-0.2, 0) is 4.74 Å². The molecule has 0 aliphatic carbocycles. The number of nitrogens with zero attached hydrogens (tertiary/aromatic N) is 1. The van der Waals surface area contributed by atoms with Crippen LogP contribution in [0, 0.1) is 0 Å². The number of amides is 1. The third-order valence-corrected chi connectivity index (χ3v) is 3.09. The van der Waals surface area contributed by atoms with Crippen LogP contribution in [0.25, 0.3) is 0 Å². The minimum atomic E-state index is -0.505. The number of hydrogen-bond donors (Lipinski definition) is 1. The van der Waals surface area contributed by atoms with Gasteiger partial charge in [-0.3, -0.25) is 0 Å². The number of fused-ring (bicyclic) bond motifs is 2. The van der Waals surface area contributed by atoms with E-state index >= 15 is 0 Å². The summed E-state index contributed by atoms with van der Waals surface area (Å²) in [7, 11) is 0. The lowest BCUT2D eigenvalue weighted by Crippen LogP contribution is -2.44. The number of carbonyl (C=O) groups excluding carboxylic acids is 1. The smallest absolute Gasteiger partial charge is 0.412 e. The molecule has 1 N–H and O–H groups in total. The fourth-order valence-corrected chi connectivity index (χ4v) is 2.54. The minimum absolute atomic E-state index is 0.338. The Labute approximate surface area is 77.5 Å². The third-order valence-electron chi connectivity index (χ3n) is 3.09. The van der Waals surface area contributed by atoms with E-state index in [0.29, 0.717) is 12.1 Å². The SMILES string of the molecule is O=C(OCO)N1C2CCCC1CC2. The van der Waals surface area contributed by atoms with Gasteiger partial charge in [0.15, 0.2) is 6.79 Å². The number of piperidine rings is 1. The summed E-state index contributed by atoms with van der Waals surface area (Å²) in [6, 6.07) is 0.746. The highest BCUT2D eigenvalue weighted by Crippen LogP contribution is 2.35. The molecular weight excluding hydrogens is 170 g/mol. The molecule has 4 nitrogen and oxygen atoms in total. The second-order valence-corrected chi connectivity index (χ2v) is 3.76. The molecule has 2 rings (SSSR count). The van der Waals surface area contributed by atoms with Gasteiger partial charge in [0.25, 0.3) is 0 Å². The Morgan fingerprint density at radius 3 is 2.46 bits per heavy atom. The molecule has 2 heterocycles. The van der Waals surface area contributed by atoms with Gasteiger partial charge in [-0.15, -0.1) is 0 Å². The molecule has 0 saturated carbocycles. The van der Waals surface area contributed by atoms with E-state index in [9.17, 15) is 4.79 Å². The van der Waals surface area contributed by atoms with Crippen LogP contribution in [0.3, 0.4) is 0 Å². The predicted molar refractivity (Wildman–Crippen MR) is 46.1 cm³/mol. The van der Waals surface area contributed by atoms with Crippen LogP contribution in [0.5, 0.6) is 0 Å². The largest absolute Gasteiger partial charge is 0.422 e. The minimum Gasteiger partial charge on any atom is -0.422 e. The zero-order chi connectivity index (χ0) is 9.26. The Hall–Kier alpha value is -0.770. The Morgan fingerprint density at radius 2 is 1.92 bits per heavy atom. The normalized spacial score (nSPS) is 31.9. The molecule has 13 heavy (non-hydrogen) atoms. The summed E-state index contributed by atoms with van der Waals surface area (Å²) in [5.74, 6) is 0. The molecule has 2 unspecified atom stereocenters. The van der Waals surface area contributed by atoms with Crippen LogP contribution in [-0.4, -0.2) is 35.0 Å². The highest BCUT2D eigenvalue weighted by molar-refractivity contribution is 5.69. The lowest BCUT2D eigenvalue weighted by Gasteiger charge is -2.33. The van der Waals surface area contributed by atoms with Crippen molar-refractivity contribution in [1.82, 2.24) is 4.90 Å². The van der Waals surface area contributed by atoms with E-state index < -0.39 is 6.79 Å². The van der Waals surface area contributed by atoms with Crippen LogP contribution < -0.4 is 0 Å². The van der Waals surface area contributed by atoms with Crippen LogP contribution in [0.15, 0.2) is 0 Å². The van der Waals surface area contributed by atoms with Gasteiger partial charge in [0.1, 0.15) is 0 Å². The van der Waals surface area contributed by atoms with Crippen molar-refractivity contribution in [2.24, 2.45) is 0 Å². The first-order valence-electron chi connectivity index (χ1n) is 4.89. The Balaban J connectivity index is 2.02. The van der Waals surface area contributed by atoms with Crippen molar-refractivity contribution < 1.29 is 14.6 Å². The molecule has 2 aliphatic heterocycles. The van der Waals surface area contributed by atoms with Gasteiger partial charge in [-0.2, -0.15) is 0 Å². The fraction of sp³-hybridized carbons (Fsp3) is 0.889. The van der Waals surface area contributed by atoms with Gasteiger partial charge in [-0.1, -0.05) is 0 Å². The molecule has 2 bridgehead atoms. The van der Waals surface area contributed by atoms with Crippen LogP contribution in [0.2, 0.25) is 0 Å². The Kier molecular flexibility index (Phi) is 2.40. The van der Waals surface area contributed by atoms with Gasteiger partial charge >= 0.3 is 6.09 Å². The topological polar surface area (TPSA) is 49.8 Å². The highest BCUT2D eigenvalue weighted by Gasteiger charge is 2.40. The molecule has 0 aromatic carbocycles. The van der Waals surface area contributed by atoms with E-state index in [1.165, 1.54) is 6.42 Å². The summed E-state index contributed by atoms with van der Waals surface area (Å²) in [4.78, 5) is 13.2. The summed E-state index contributed by atoms with van der Waals surface area (Å²) >= 11 is 0. The molecule has 0 spiro atoms. The van der Waals surface area contributed by atoms with Crippen molar-refractivity contribution in [3.63, 3.8) is 0 Å². The maximum absolute atomic E-state index is 11.4. The molecule has 74 valence electrons. The van der Waals surface area contributed by atoms with E-state index in [1.807, 2.05) is 4.90 Å². The van der Waals surface area contributed by atoms with Crippen molar-refractivity contribution >= 4 is 6.09 Å². The standard InChI is InChI=1S/C9H15NO3/c11-6-13-9(12)10-7-2-1-3-8(10)5-4-7/h7-8,11H,1-6H2. The lowest BCUT2D eigenvalue weighted by atomic mass is 10.0. The molecule has 2 atom stereocenters. The van der Waals surface area contributed by atoms with E-state index in [2.05, 4.69) is 4.74 Å². The first-order chi connectivity index (χ1) is 6.33. The Bertz CT molecular complexity index is 191. The van der Waals surface area contributed by atoms with Gasteiger partial charge in [0, 0.05) is 12.1 Å². The average Bonchev–Trinajstić information content (AvgIpc) is 2.37. The van der Waals surface area contributed by atoms with Gasteiger partial charge in [-0.05, 0) is 32.1 Å². The number of hydrogen-bond acceptors (Lipinski definition) is 3. The first-order valence-corrected chi connectivity index (χ1v) is 4.89. The van der Waals surface area contributed by atoms with Crippen molar-refractivity contribution in [2.45, 2.75) is 44.2 Å². The molecule has 2 saturated heterocycles. The maximum atomic E-state index is 11.4. The molecule has 0 radical (unpaired) electrons. The van der Waals surface area contributed by atoms with E-state index in [-0.39, 0.29) is 6.09 Å². The van der Waals surface area contributed by atoms with E-state index in [4.69, 9.17) is 5.11 Å². The van der Waals surface area contributed by atoms with E-state index in [0.717, 1.165) is 25.7 Å². The number of carbonyl (C=O) groups is 1. The third kappa shape index (κ3) is 1.50. The summed E-state index contributed by atoms with van der Waals surface area (Å²) in [5, 5.41) is 8.49. The molecule has 0 aromatic rings. The molecule has 1 amide bonds. The number of aliphatic hydroxyl groups excluding tert-OH is 1. The molecule has 2 aliphatic rings. The van der Waals surface area contributed by atoms with E-state index in [1.54, 1.807) is 0 Å². The second-order valence-electron chi connectivity index (χ2n) is 3.76. The zero-order valence-electron chi connectivity index (χ0n) is 7.61. The number of rotatable bonds is 1. The van der Waals surface area contributed by atoms with Crippen LogP contribution >= 0.6 is 0 Å². The molecule has 0 aromatic heterocycles. The number of aliphatic hydroxyl groups is 1. The van der Waals surface area contributed by atoms with Crippen molar-refractivity contribution in [1.29, 1.82) is 0 Å². The fourth-order valence-electron chi connectivity index (χ4n) is 2.54. The highest BCUT2D eigenvalue weighted by atomic mass is 16.6. The average molecular weight is 185 g/mol. The lowest BCUT2D eigenvalue weighted by molar-refractivity contribution is 0.00758. The van der Waals surface area contributed by atoms with Crippen molar-refractivity contribution in [3.8, 4) is 0 Å². The quantitative estimate of drug-likeness (QED) is 0.622. The Morgan fingerprint density at radius 1 is 1.31 bits per heavy atom. The monoisotopic (exact) mass is 185 g/mol. The molecule has 2 fully saturated rings. The predicted octanol–water partition coefficient (Wildman–Crippen LogP) is 1.09. The van der Waals surface area contributed by atoms with Crippen molar-refractivity contribution in [3.05, 3.63) is 0 Å². The summed E-state index contributed by atoms with van der Waals surface area (Å²) in [6.45, 7) is -0.505. The number of ether oxygens (including phenoxy) is 1. The van der Waals surface area contributed by atoms with Crippen molar-refractivity contribution in [2.75, 3.05) is 6.79 Å². The summed E-state index contributed by atoms with van der Waals surface area (Å²) in [6.07, 6.45) is 5.28. The summed E-state index contributed by atoms with van der Waals surface area (Å²) in [5.41, 5.74) is 0.